The van der Waals surface area contributed by atoms with Crippen LogP contribution >= 0.6 is 0 Å². The number of nitrogens with zero attached hydrogens (tertiary/aromatic N) is 1. The van der Waals surface area contributed by atoms with E-state index in [1.165, 1.54) is 18.3 Å². The molecule has 1 aromatic rings. The van der Waals surface area contributed by atoms with E-state index in [-0.39, 0.29) is 5.82 Å². The molecule has 1 aromatic heterocycles. The molecule has 0 bridgehead atoms. The van der Waals surface area contributed by atoms with E-state index in [1.54, 1.807) is 0 Å². The van der Waals surface area contributed by atoms with E-state index in [1.807, 2.05) is 4.72 Å². The molecule has 0 aliphatic rings. The summed E-state index contributed by atoms with van der Waals surface area (Å²) in [6.45, 7) is 0. The second kappa shape index (κ2) is 2.95. The predicted octanol–water partition coefficient (Wildman–Crippen LogP) is -0.721. The molecule has 5 N–H and O–H groups in total. The molecular weight excluding hydrogens is 180 g/mol. The molecule has 0 saturated heterocycles. The van der Waals surface area contributed by atoms with Crippen molar-refractivity contribution < 1.29 is 8.42 Å². The number of pyridine rings is 1. The third-order valence-corrected chi connectivity index (χ3v) is 1.53. The lowest BCUT2D eigenvalue weighted by Crippen LogP contribution is -2.22. The van der Waals surface area contributed by atoms with Crippen molar-refractivity contribution in [2.24, 2.45) is 5.14 Å². The molecule has 1 rings (SSSR count). The molecule has 0 aromatic carbocycles. The van der Waals surface area contributed by atoms with Crippen LogP contribution in [0.5, 0.6) is 0 Å². The predicted molar refractivity (Wildman–Crippen MR) is 45.4 cm³/mol. The zero-order chi connectivity index (χ0) is 9.19. The Morgan fingerprint density at radius 2 is 2.08 bits per heavy atom. The number of nitrogen functional groups attached to an aromatic ring is 1. The Morgan fingerprint density at radius 1 is 1.42 bits per heavy atom. The molecule has 0 saturated carbocycles. The first-order chi connectivity index (χ1) is 5.47. The van der Waals surface area contributed by atoms with E-state index in [0.717, 1.165) is 0 Å². The summed E-state index contributed by atoms with van der Waals surface area (Å²) in [5.41, 5.74) is 5.77. The fourth-order valence-corrected chi connectivity index (χ4v) is 1.02. The van der Waals surface area contributed by atoms with Gasteiger partial charge in [-0.15, -0.1) is 0 Å². The summed E-state index contributed by atoms with van der Waals surface area (Å²) in [4.78, 5) is 3.67. The van der Waals surface area contributed by atoms with Crippen LogP contribution < -0.4 is 15.6 Å². The third kappa shape index (κ3) is 2.72. The molecule has 66 valence electrons. The van der Waals surface area contributed by atoms with Gasteiger partial charge in [-0.25, -0.2) is 10.1 Å². The SMILES string of the molecule is Nc1ccc(NS(N)(=O)=O)nc1. The summed E-state index contributed by atoms with van der Waals surface area (Å²) in [6, 6.07) is 2.93. The number of rotatable bonds is 2. The van der Waals surface area contributed by atoms with Crippen LogP contribution in [-0.2, 0) is 10.2 Å². The van der Waals surface area contributed by atoms with Crippen molar-refractivity contribution in [3.8, 4) is 0 Å². The van der Waals surface area contributed by atoms with Crippen molar-refractivity contribution >= 4 is 21.7 Å². The number of anilines is 2. The monoisotopic (exact) mass is 188 g/mol. The highest BCUT2D eigenvalue weighted by Gasteiger charge is 2.01. The van der Waals surface area contributed by atoms with Crippen LogP contribution in [0.15, 0.2) is 18.3 Å². The van der Waals surface area contributed by atoms with Gasteiger partial charge >= 0.3 is 0 Å². The number of nitrogens with one attached hydrogen (secondary N) is 1. The average molecular weight is 188 g/mol. The maximum atomic E-state index is 10.5. The van der Waals surface area contributed by atoms with Crippen LogP contribution in [0.1, 0.15) is 0 Å². The Hall–Kier alpha value is -1.34. The Bertz CT molecular complexity index is 358. The lowest BCUT2D eigenvalue weighted by Gasteiger charge is -2.01. The summed E-state index contributed by atoms with van der Waals surface area (Å²) < 4.78 is 23.0. The van der Waals surface area contributed by atoms with Gasteiger partial charge < -0.3 is 5.73 Å². The minimum absolute atomic E-state index is 0.145. The number of hydrogen-bond donors (Lipinski definition) is 3. The van der Waals surface area contributed by atoms with Crippen LogP contribution in [0.4, 0.5) is 11.5 Å². The molecule has 7 heteroatoms. The van der Waals surface area contributed by atoms with Crippen LogP contribution in [-0.4, -0.2) is 13.4 Å². The zero-order valence-corrected chi connectivity index (χ0v) is 6.88. The van der Waals surface area contributed by atoms with E-state index in [2.05, 4.69) is 4.98 Å². The van der Waals surface area contributed by atoms with Crippen LogP contribution in [0.3, 0.4) is 0 Å². The number of aromatic nitrogens is 1. The van der Waals surface area contributed by atoms with E-state index >= 15 is 0 Å². The first-order valence-electron chi connectivity index (χ1n) is 2.99. The maximum absolute atomic E-state index is 10.5. The topological polar surface area (TPSA) is 111 Å². The highest BCUT2D eigenvalue weighted by atomic mass is 32.2. The van der Waals surface area contributed by atoms with Crippen LogP contribution in [0.2, 0.25) is 0 Å². The largest absolute Gasteiger partial charge is 0.397 e. The van der Waals surface area contributed by atoms with Crippen molar-refractivity contribution in [3.05, 3.63) is 18.3 Å². The van der Waals surface area contributed by atoms with Crippen LogP contribution in [0.25, 0.3) is 0 Å². The van der Waals surface area contributed by atoms with Gasteiger partial charge in [0, 0.05) is 0 Å². The van der Waals surface area contributed by atoms with Crippen molar-refractivity contribution in [1.29, 1.82) is 0 Å². The second-order valence-corrected chi connectivity index (χ2v) is 3.42. The maximum Gasteiger partial charge on any atom is 0.297 e. The molecule has 0 unspecified atom stereocenters. The minimum atomic E-state index is -3.74. The van der Waals surface area contributed by atoms with Gasteiger partial charge in [-0.05, 0) is 12.1 Å². The Kier molecular flexibility index (Phi) is 2.15. The molecule has 0 fully saturated rings. The number of nitrogens with two attached hydrogens (primary N) is 2. The first-order valence-corrected chi connectivity index (χ1v) is 4.54. The van der Waals surface area contributed by atoms with Gasteiger partial charge in [0.25, 0.3) is 10.2 Å². The van der Waals surface area contributed by atoms with Crippen molar-refractivity contribution in [3.63, 3.8) is 0 Å². The van der Waals surface area contributed by atoms with Crippen molar-refractivity contribution in [1.82, 2.24) is 4.98 Å². The van der Waals surface area contributed by atoms with Gasteiger partial charge in [-0.3, -0.25) is 4.72 Å². The summed E-state index contributed by atoms with van der Waals surface area (Å²) in [5.74, 6) is 0.145. The van der Waals surface area contributed by atoms with E-state index < -0.39 is 10.2 Å². The summed E-state index contributed by atoms with van der Waals surface area (Å²) in [5, 5.41) is 4.70. The fraction of sp³-hybridized carbons (Fsp3) is 0. The summed E-state index contributed by atoms with van der Waals surface area (Å²) in [6.07, 6.45) is 1.33. The molecule has 0 atom stereocenters. The number of hydrogen-bond acceptors (Lipinski definition) is 4. The summed E-state index contributed by atoms with van der Waals surface area (Å²) >= 11 is 0. The van der Waals surface area contributed by atoms with E-state index in [9.17, 15) is 8.42 Å². The highest BCUT2D eigenvalue weighted by molar-refractivity contribution is 7.90. The van der Waals surface area contributed by atoms with Gasteiger partial charge in [0.05, 0.1) is 11.9 Å². The smallest absolute Gasteiger partial charge is 0.297 e. The van der Waals surface area contributed by atoms with Crippen LogP contribution in [0, 0.1) is 0 Å². The fourth-order valence-electron chi connectivity index (χ4n) is 0.611. The molecule has 0 amide bonds. The molecule has 12 heavy (non-hydrogen) atoms. The van der Waals surface area contributed by atoms with E-state index in [4.69, 9.17) is 10.9 Å². The highest BCUT2D eigenvalue weighted by Crippen LogP contribution is 2.05. The normalized spacial score (nSPS) is 11.1. The Morgan fingerprint density at radius 3 is 2.50 bits per heavy atom. The minimum Gasteiger partial charge on any atom is -0.397 e. The molecule has 0 aliphatic carbocycles. The first kappa shape index (κ1) is 8.75. The van der Waals surface area contributed by atoms with E-state index in [0.29, 0.717) is 5.69 Å². The van der Waals surface area contributed by atoms with Crippen molar-refractivity contribution in [2.45, 2.75) is 0 Å². The second-order valence-electron chi connectivity index (χ2n) is 2.12. The van der Waals surface area contributed by atoms with Crippen molar-refractivity contribution in [2.75, 3.05) is 10.5 Å². The standard InChI is InChI=1S/C5H8N4O2S/c6-4-1-2-5(8-3-4)9-12(7,10)11/h1-3H,6H2,(H,8,9)(H2,7,10,11). The van der Waals surface area contributed by atoms with Gasteiger partial charge in [0.15, 0.2) is 0 Å². The lowest BCUT2D eigenvalue weighted by atomic mass is 10.4. The third-order valence-electron chi connectivity index (χ3n) is 1.03. The molecule has 0 spiro atoms. The molecule has 0 aliphatic heterocycles. The zero-order valence-electron chi connectivity index (χ0n) is 6.06. The van der Waals surface area contributed by atoms with Gasteiger partial charge in [0.2, 0.25) is 0 Å². The average Bonchev–Trinajstić information content (AvgIpc) is 1.91. The Balaban J connectivity index is 2.85. The Labute approximate surface area is 69.8 Å². The summed E-state index contributed by atoms with van der Waals surface area (Å²) in [7, 11) is -3.74. The van der Waals surface area contributed by atoms with Gasteiger partial charge in [-0.2, -0.15) is 8.42 Å². The van der Waals surface area contributed by atoms with Gasteiger partial charge in [0.1, 0.15) is 5.82 Å². The molecular formula is C5H8N4O2S. The quantitative estimate of drug-likeness (QED) is 0.568. The molecule has 1 heterocycles. The lowest BCUT2D eigenvalue weighted by molar-refractivity contribution is 0.602. The molecule has 6 nitrogen and oxygen atoms in total. The van der Waals surface area contributed by atoms with Gasteiger partial charge in [-0.1, -0.05) is 0 Å². The molecule has 0 radical (unpaired) electrons.